The molecule has 26 heavy (non-hydrogen) atoms. The first-order valence-electron chi connectivity index (χ1n) is 9.67. The van der Waals surface area contributed by atoms with Crippen molar-refractivity contribution >= 4 is 17.5 Å². The lowest BCUT2D eigenvalue weighted by molar-refractivity contribution is -0.124. The molecule has 0 aromatic rings. The van der Waals surface area contributed by atoms with Crippen LogP contribution in [0, 0.1) is 5.92 Å². The second kappa shape index (κ2) is 17.0. The number of nitrogens with one attached hydrogen (secondary N) is 1. The molecule has 0 aliphatic heterocycles. The van der Waals surface area contributed by atoms with Gasteiger partial charge in [-0.3, -0.25) is 4.79 Å². The molecule has 0 rings (SSSR count). The molecule has 0 aliphatic rings. The van der Waals surface area contributed by atoms with Crippen molar-refractivity contribution in [3.8, 4) is 0 Å². The first kappa shape index (κ1) is 25.8. The van der Waals surface area contributed by atoms with E-state index in [9.17, 15) is 9.90 Å². The van der Waals surface area contributed by atoms with Gasteiger partial charge in [-0.2, -0.15) is 11.8 Å². The summed E-state index contributed by atoms with van der Waals surface area (Å²) in [5, 5.41) is 13.3. The Kier molecular flexibility index (Phi) is 16.8. The molecule has 0 spiro atoms. The summed E-state index contributed by atoms with van der Waals surface area (Å²) in [6, 6.07) is 0.173. The summed E-state index contributed by atoms with van der Waals surface area (Å²) in [7, 11) is 0. The fraction of sp³-hybridized carbons (Fsp3) is 0.947. The number of Topliss-reactive ketones (excluding diaryl/α,β-unsaturated/α-hetero) is 1. The van der Waals surface area contributed by atoms with E-state index in [2.05, 4.69) is 19.2 Å². The van der Waals surface area contributed by atoms with Gasteiger partial charge in [0.15, 0.2) is 5.78 Å². The molecular formula is C19H39NO5S. The van der Waals surface area contributed by atoms with Gasteiger partial charge in [0.25, 0.3) is 0 Å². The number of hydrogen-bond acceptors (Lipinski definition) is 7. The van der Waals surface area contributed by atoms with E-state index < -0.39 is 6.10 Å². The normalized spacial score (nSPS) is 14.2. The summed E-state index contributed by atoms with van der Waals surface area (Å²) in [4.78, 5) is 12.2. The van der Waals surface area contributed by atoms with Gasteiger partial charge in [0.2, 0.25) is 0 Å². The van der Waals surface area contributed by atoms with E-state index in [4.69, 9.17) is 14.2 Å². The first-order valence-corrected chi connectivity index (χ1v) is 10.8. The average Bonchev–Trinajstić information content (AvgIpc) is 2.58. The molecule has 0 fully saturated rings. The Morgan fingerprint density at radius 1 is 1.04 bits per heavy atom. The quantitative estimate of drug-likeness (QED) is 0.345. The number of hydrogen-bond donors (Lipinski definition) is 2. The lowest BCUT2D eigenvalue weighted by Gasteiger charge is -2.22. The molecule has 0 aromatic carbocycles. The Balaban J connectivity index is 3.72. The number of rotatable bonds is 18. The number of aliphatic hydroxyl groups is 1. The van der Waals surface area contributed by atoms with Crippen molar-refractivity contribution in [2.75, 3.05) is 51.1 Å². The zero-order valence-electron chi connectivity index (χ0n) is 17.2. The predicted octanol–water partition coefficient (Wildman–Crippen LogP) is 2.13. The summed E-state index contributed by atoms with van der Waals surface area (Å²) in [6.07, 6.45) is 0.280. The van der Waals surface area contributed by atoms with Crippen molar-refractivity contribution in [2.24, 2.45) is 5.92 Å². The third kappa shape index (κ3) is 14.9. The molecule has 0 saturated heterocycles. The van der Waals surface area contributed by atoms with Gasteiger partial charge in [0, 0.05) is 24.3 Å². The molecule has 0 aromatic heterocycles. The Hall–Kier alpha value is -0.180. The molecule has 0 amide bonds. The summed E-state index contributed by atoms with van der Waals surface area (Å²) >= 11 is 1.65. The van der Waals surface area contributed by atoms with Crippen molar-refractivity contribution in [1.82, 2.24) is 5.32 Å². The van der Waals surface area contributed by atoms with E-state index >= 15 is 0 Å². The van der Waals surface area contributed by atoms with E-state index in [0.29, 0.717) is 45.4 Å². The van der Waals surface area contributed by atoms with Crippen LogP contribution in [0.3, 0.4) is 0 Å². The van der Waals surface area contributed by atoms with Crippen LogP contribution in [-0.2, 0) is 19.0 Å². The number of thioether (sulfide) groups is 1. The Bertz CT molecular complexity index is 342. The number of aliphatic hydroxyl groups excluding tert-OH is 1. The van der Waals surface area contributed by atoms with Gasteiger partial charge in [-0.15, -0.1) is 0 Å². The van der Waals surface area contributed by atoms with E-state index in [1.165, 1.54) is 0 Å². The SMILES string of the molecule is CCOCCOCCOCC(O)CSCC[C@H](NC(C)C)C(=O)C(C)C. The molecule has 2 N–H and O–H groups in total. The summed E-state index contributed by atoms with van der Waals surface area (Å²) in [5.74, 6) is 1.73. The molecule has 0 heterocycles. The maximum Gasteiger partial charge on any atom is 0.152 e. The monoisotopic (exact) mass is 393 g/mol. The molecule has 2 atom stereocenters. The van der Waals surface area contributed by atoms with Gasteiger partial charge in [0.1, 0.15) is 0 Å². The van der Waals surface area contributed by atoms with Crippen LogP contribution in [0.2, 0.25) is 0 Å². The molecule has 1 unspecified atom stereocenters. The van der Waals surface area contributed by atoms with Crippen molar-refractivity contribution in [2.45, 2.75) is 59.2 Å². The summed E-state index contributed by atoms with van der Waals surface area (Å²) in [6.45, 7) is 13.1. The first-order chi connectivity index (χ1) is 12.4. The largest absolute Gasteiger partial charge is 0.390 e. The molecule has 7 heteroatoms. The maximum atomic E-state index is 12.2. The lowest BCUT2D eigenvalue weighted by Crippen LogP contribution is -2.43. The van der Waals surface area contributed by atoms with Crippen LogP contribution in [0.4, 0.5) is 0 Å². The Labute approximate surface area is 163 Å². The average molecular weight is 394 g/mol. The molecular weight excluding hydrogens is 354 g/mol. The Morgan fingerprint density at radius 3 is 2.23 bits per heavy atom. The van der Waals surface area contributed by atoms with Crippen LogP contribution in [0.5, 0.6) is 0 Å². The minimum absolute atomic E-state index is 0.0333. The summed E-state index contributed by atoms with van der Waals surface area (Å²) in [5.41, 5.74) is 0. The van der Waals surface area contributed by atoms with Gasteiger partial charge in [-0.25, -0.2) is 0 Å². The third-order valence-electron chi connectivity index (χ3n) is 3.57. The van der Waals surface area contributed by atoms with E-state index in [0.717, 1.165) is 12.2 Å². The zero-order chi connectivity index (χ0) is 19.8. The van der Waals surface area contributed by atoms with Gasteiger partial charge in [-0.1, -0.05) is 27.7 Å². The van der Waals surface area contributed by atoms with E-state index in [1.807, 2.05) is 20.8 Å². The van der Waals surface area contributed by atoms with Crippen molar-refractivity contribution in [3.05, 3.63) is 0 Å². The highest BCUT2D eigenvalue weighted by Crippen LogP contribution is 2.11. The molecule has 6 nitrogen and oxygen atoms in total. The molecule has 0 radical (unpaired) electrons. The topological polar surface area (TPSA) is 77.0 Å². The van der Waals surface area contributed by atoms with Gasteiger partial charge in [0.05, 0.1) is 45.2 Å². The number of ether oxygens (including phenoxy) is 3. The molecule has 156 valence electrons. The van der Waals surface area contributed by atoms with Gasteiger partial charge in [-0.05, 0) is 19.1 Å². The van der Waals surface area contributed by atoms with Crippen LogP contribution >= 0.6 is 11.8 Å². The van der Waals surface area contributed by atoms with Crippen molar-refractivity contribution in [3.63, 3.8) is 0 Å². The highest BCUT2D eigenvalue weighted by atomic mass is 32.2. The predicted molar refractivity (Wildman–Crippen MR) is 108 cm³/mol. The van der Waals surface area contributed by atoms with E-state index in [-0.39, 0.29) is 23.8 Å². The molecule has 0 bridgehead atoms. The number of carbonyl (C=O) groups excluding carboxylic acids is 1. The Morgan fingerprint density at radius 2 is 1.65 bits per heavy atom. The van der Waals surface area contributed by atoms with Crippen molar-refractivity contribution in [1.29, 1.82) is 0 Å². The summed E-state index contributed by atoms with van der Waals surface area (Å²) < 4.78 is 15.9. The number of ketones is 1. The maximum absolute atomic E-state index is 12.2. The van der Waals surface area contributed by atoms with Crippen LogP contribution in [0.15, 0.2) is 0 Å². The second-order valence-corrected chi connectivity index (χ2v) is 7.98. The smallest absolute Gasteiger partial charge is 0.152 e. The zero-order valence-corrected chi connectivity index (χ0v) is 18.0. The fourth-order valence-corrected chi connectivity index (χ4v) is 3.22. The minimum Gasteiger partial charge on any atom is -0.390 e. The molecule has 0 aliphatic carbocycles. The highest BCUT2D eigenvalue weighted by molar-refractivity contribution is 7.99. The van der Waals surface area contributed by atoms with Gasteiger partial charge < -0.3 is 24.6 Å². The van der Waals surface area contributed by atoms with Gasteiger partial charge >= 0.3 is 0 Å². The highest BCUT2D eigenvalue weighted by Gasteiger charge is 2.21. The third-order valence-corrected chi connectivity index (χ3v) is 4.71. The standard InChI is InChI=1S/C19H39NO5S/c1-6-23-8-9-24-10-11-25-13-17(21)14-26-12-7-18(20-16(4)5)19(22)15(2)3/h15-18,20-21H,6-14H2,1-5H3/t17?,18-/m0/s1. The second-order valence-electron chi connectivity index (χ2n) is 6.83. The van der Waals surface area contributed by atoms with E-state index in [1.54, 1.807) is 11.8 Å². The fourth-order valence-electron chi connectivity index (χ4n) is 2.28. The van der Waals surface area contributed by atoms with Crippen LogP contribution in [-0.4, -0.2) is 80.2 Å². The van der Waals surface area contributed by atoms with Crippen LogP contribution < -0.4 is 5.32 Å². The van der Waals surface area contributed by atoms with Crippen LogP contribution in [0.1, 0.15) is 41.0 Å². The van der Waals surface area contributed by atoms with Crippen LogP contribution in [0.25, 0.3) is 0 Å². The molecule has 0 saturated carbocycles. The lowest BCUT2D eigenvalue weighted by atomic mass is 9.99. The van der Waals surface area contributed by atoms with Crippen molar-refractivity contribution < 1.29 is 24.1 Å². The minimum atomic E-state index is -0.499. The number of carbonyl (C=O) groups is 1.